The highest BCUT2D eigenvalue weighted by Gasteiger charge is 2.26. The molecule has 0 amide bonds. The summed E-state index contributed by atoms with van der Waals surface area (Å²) in [5.74, 6) is 0. The summed E-state index contributed by atoms with van der Waals surface area (Å²) in [7, 11) is 0. The van der Waals surface area contributed by atoms with Crippen molar-refractivity contribution >= 4 is 0 Å². The molecule has 1 fully saturated rings. The maximum atomic E-state index is 8.87. The summed E-state index contributed by atoms with van der Waals surface area (Å²) in [5.41, 5.74) is 5.42. The van der Waals surface area contributed by atoms with E-state index in [1.807, 2.05) is 0 Å². The third-order valence-corrected chi connectivity index (χ3v) is 3.52. The van der Waals surface area contributed by atoms with Crippen molar-refractivity contribution in [3.05, 3.63) is 0 Å². The van der Waals surface area contributed by atoms with Crippen molar-refractivity contribution in [3.8, 4) is 6.07 Å². The van der Waals surface area contributed by atoms with Crippen LogP contribution in [-0.4, -0.2) is 53.6 Å². The Morgan fingerprint density at radius 3 is 2.06 bits per heavy atom. The van der Waals surface area contributed by atoms with Crippen LogP contribution in [0.15, 0.2) is 0 Å². The average molecular weight is 238 g/mol. The minimum Gasteiger partial charge on any atom is -0.314 e. The SMILES string of the molecule is CC(N)(C#N)CCN1CCN(C(C)(C)C)CC1. The van der Waals surface area contributed by atoms with Gasteiger partial charge in [0.15, 0.2) is 0 Å². The van der Waals surface area contributed by atoms with Gasteiger partial charge >= 0.3 is 0 Å². The van der Waals surface area contributed by atoms with Crippen LogP contribution in [0.2, 0.25) is 0 Å². The second-order valence-corrected chi connectivity index (χ2v) is 6.28. The van der Waals surface area contributed by atoms with E-state index in [1.165, 1.54) is 0 Å². The van der Waals surface area contributed by atoms with E-state index in [1.54, 1.807) is 6.92 Å². The second-order valence-electron chi connectivity index (χ2n) is 6.28. The molecule has 4 heteroatoms. The lowest BCUT2D eigenvalue weighted by Crippen LogP contribution is -2.54. The zero-order valence-electron chi connectivity index (χ0n) is 11.7. The van der Waals surface area contributed by atoms with E-state index in [0.29, 0.717) is 0 Å². The van der Waals surface area contributed by atoms with E-state index >= 15 is 0 Å². The predicted octanol–water partition coefficient (Wildman–Crippen LogP) is 1.03. The number of nitrogens with zero attached hydrogens (tertiary/aromatic N) is 3. The Morgan fingerprint density at radius 1 is 1.12 bits per heavy atom. The van der Waals surface area contributed by atoms with E-state index in [-0.39, 0.29) is 5.54 Å². The van der Waals surface area contributed by atoms with Gasteiger partial charge < -0.3 is 10.6 Å². The van der Waals surface area contributed by atoms with Gasteiger partial charge in [-0.25, -0.2) is 0 Å². The number of hydrogen-bond acceptors (Lipinski definition) is 4. The number of nitriles is 1. The zero-order valence-corrected chi connectivity index (χ0v) is 11.7. The number of hydrogen-bond donors (Lipinski definition) is 1. The summed E-state index contributed by atoms with van der Waals surface area (Å²) in [6.07, 6.45) is 0.749. The van der Waals surface area contributed by atoms with Crippen molar-refractivity contribution in [2.75, 3.05) is 32.7 Å². The molecule has 1 atom stereocenters. The number of rotatable bonds is 3. The van der Waals surface area contributed by atoms with E-state index in [2.05, 4.69) is 36.6 Å². The van der Waals surface area contributed by atoms with Crippen molar-refractivity contribution < 1.29 is 0 Å². The first-order valence-corrected chi connectivity index (χ1v) is 6.42. The maximum Gasteiger partial charge on any atom is 0.102 e. The highest BCUT2D eigenvalue weighted by Crippen LogP contribution is 2.16. The fourth-order valence-electron chi connectivity index (χ4n) is 2.09. The van der Waals surface area contributed by atoms with Crippen LogP contribution in [0.3, 0.4) is 0 Å². The molecule has 1 aliphatic rings. The molecular weight excluding hydrogens is 212 g/mol. The largest absolute Gasteiger partial charge is 0.314 e. The Morgan fingerprint density at radius 2 is 1.65 bits per heavy atom. The van der Waals surface area contributed by atoms with E-state index in [4.69, 9.17) is 11.0 Å². The predicted molar refractivity (Wildman–Crippen MR) is 70.6 cm³/mol. The Kier molecular flexibility index (Phi) is 4.54. The molecule has 1 unspecified atom stereocenters. The molecule has 0 aromatic carbocycles. The van der Waals surface area contributed by atoms with Crippen LogP contribution in [0.4, 0.5) is 0 Å². The zero-order chi connectivity index (χ0) is 13.1. The van der Waals surface area contributed by atoms with Crippen molar-refractivity contribution in [2.45, 2.75) is 45.2 Å². The Hall–Kier alpha value is -0.630. The van der Waals surface area contributed by atoms with Crippen LogP contribution >= 0.6 is 0 Å². The molecule has 0 radical (unpaired) electrons. The molecule has 0 aromatic heterocycles. The molecule has 2 N–H and O–H groups in total. The molecule has 0 bridgehead atoms. The van der Waals surface area contributed by atoms with Crippen molar-refractivity contribution in [1.29, 1.82) is 5.26 Å². The highest BCUT2D eigenvalue weighted by molar-refractivity contribution is 5.01. The summed E-state index contributed by atoms with van der Waals surface area (Å²) in [5, 5.41) is 8.87. The molecule has 1 aliphatic heterocycles. The monoisotopic (exact) mass is 238 g/mol. The van der Waals surface area contributed by atoms with Gasteiger partial charge in [-0.2, -0.15) is 5.26 Å². The van der Waals surface area contributed by atoms with E-state index in [9.17, 15) is 0 Å². The van der Waals surface area contributed by atoms with Gasteiger partial charge in [0.1, 0.15) is 5.54 Å². The first-order valence-electron chi connectivity index (χ1n) is 6.42. The topological polar surface area (TPSA) is 56.3 Å². The van der Waals surface area contributed by atoms with Gasteiger partial charge in [-0.05, 0) is 34.1 Å². The van der Waals surface area contributed by atoms with Crippen molar-refractivity contribution in [1.82, 2.24) is 9.80 Å². The molecule has 0 aliphatic carbocycles. The lowest BCUT2D eigenvalue weighted by molar-refractivity contribution is 0.0603. The molecule has 1 rings (SSSR count). The minimum absolute atomic E-state index is 0.265. The van der Waals surface area contributed by atoms with Crippen LogP contribution in [0.5, 0.6) is 0 Å². The third kappa shape index (κ3) is 4.63. The van der Waals surface area contributed by atoms with Gasteiger partial charge in [-0.3, -0.25) is 4.90 Å². The average Bonchev–Trinajstić information content (AvgIpc) is 2.26. The first-order chi connectivity index (χ1) is 7.74. The van der Waals surface area contributed by atoms with E-state index in [0.717, 1.165) is 39.1 Å². The summed E-state index contributed by atoms with van der Waals surface area (Å²) in [6, 6.07) is 2.15. The molecular formula is C13H26N4. The smallest absolute Gasteiger partial charge is 0.102 e. The normalized spacial score (nSPS) is 23.1. The second kappa shape index (κ2) is 5.34. The quantitative estimate of drug-likeness (QED) is 0.798. The maximum absolute atomic E-state index is 8.87. The molecule has 0 aromatic rings. The third-order valence-electron chi connectivity index (χ3n) is 3.52. The van der Waals surface area contributed by atoms with Gasteiger partial charge in [-0.15, -0.1) is 0 Å². The Balaban J connectivity index is 2.32. The van der Waals surface area contributed by atoms with Crippen LogP contribution in [-0.2, 0) is 0 Å². The lowest BCUT2D eigenvalue weighted by Gasteiger charge is -2.42. The standard InChI is InChI=1S/C13H26N4/c1-12(2,3)17-9-7-16(8-10-17)6-5-13(4,15)11-14/h5-10,15H2,1-4H3. The summed E-state index contributed by atoms with van der Waals surface area (Å²) in [6.45, 7) is 13.9. The van der Waals surface area contributed by atoms with Crippen LogP contribution < -0.4 is 5.73 Å². The van der Waals surface area contributed by atoms with Crippen LogP contribution in [0.25, 0.3) is 0 Å². The highest BCUT2D eigenvalue weighted by atomic mass is 15.3. The Bertz CT molecular complexity index is 277. The molecule has 17 heavy (non-hydrogen) atoms. The fraction of sp³-hybridized carbons (Fsp3) is 0.923. The minimum atomic E-state index is -0.679. The van der Waals surface area contributed by atoms with Crippen molar-refractivity contribution in [2.24, 2.45) is 5.73 Å². The van der Waals surface area contributed by atoms with Gasteiger partial charge in [-0.1, -0.05) is 0 Å². The van der Waals surface area contributed by atoms with Crippen LogP contribution in [0, 0.1) is 11.3 Å². The molecule has 98 valence electrons. The molecule has 0 spiro atoms. The number of piperazine rings is 1. The molecule has 0 saturated carbocycles. The summed E-state index contributed by atoms with van der Waals surface area (Å²) in [4.78, 5) is 4.92. The summed E-state index contributed by atoms with van der Waals surface area (Å²) < 4.78 is 0. The van der Waals surface area contributed by atoms with Gasteiger partial charge in [0, 0.05) is 38.3 Å². The first kappa shape index (κ1) is 14.4. The van der Waals surface area contributed by atoms with Gasteiger partial charge in [0.25, 0.3) is 0 Å². The number of nitrogens with two attached hydrogens (primary N) is 1. The molecule has 1 heterocycles. The van der Waals surface area contributed by atoms with Gasteiger partial charge in [0.2, 0.25) is 0 Å². The van der Waals surface area contributed by atoms with Crippen molar-refractivity contribution in [3.63, 3.8) is 0 Å². The molecule has 1 saturated heterocycles. The fourth-order valence-corrected chi connectivity index (χ4v) is 2.09. The van der Waals surface area contributed by atoms with Gasteiger partial charge in [0.05, 0.1) is 6.07 Å². The van der Waals surface area contributed by atoms with Crippen LogP contribution in [0.1, 0.15) is 34.1 Å². The Labute approximate surface area is 105 Å². The summed E-state index contributed by atoms with van der Waals surface area (Å²) >= 11 is 0. The lowest BCUT2D eigenvalue weighted by atomic mass is 10.0. The molecule has 4 nitrogen and oxygen atoms in total. The van der Waals surface area contributed by atoms with E-state index < -0.39 is 5.54 Å².